The second-order valence-corrected chi connectivity index (χ2v) is 8.68. The first-order chi connectivity index (χ1) is 18.1. The normalized spacial score (nSPS) is 11.7. The fraction of sp³-hybridized carbons (Fsp3) is 0.567. The van der Waals surface area contributed by atoms with Gasteiger partial charge in [-0.2, -0.15) is 0 Å². The Bertz CT molecular complexity index is 1000. The third kappa shape index (κ3) is 13.6. The molecule has 0 saturated carbocycles. The van der Waals surface area contributed by atoms with Crippen molar-refractivity contribution in [3.63, 3.8) is 0 Å². The van der Waals surface area contributed by atoms with Crippen molar-refractivity contribution in [2.45, 2.75) is 100.0 Å². The molecule has 0 aliphatic heterocycles. The molecule has 8 heteroatoms. The number of amides is 1. The molecule has 0 saturated heterocycles. The largest absolute Gasteiger partial charge is 0.460 e. The number of carbonyl (C=O) groups excluding carboxylic acids is 1. The standard InChI is InChI=1S/C18H21N3O2.C10H21F2N.C2H6/c1-5-7-12(3)23-17(6-2)15-9-8-14-11-19-18(20-13(4)22)10-16(14)21-15;1-4-6-9(7-5-2)13(3)8-10(11)12;1-2/h6-11H,5H2,1-4H3,(H,19,20,22);9-10H,4-8H2,1-3H3;1-2H3/b12-7+,17-6-;;. The number of halogens is 2. The van der Waals surface area contributed by atoms with Crippen LogP contribution in [0.2, 0.25) is 0 Å². The van der Waals surface area contributed by atoms with E-state index in [4.69, 9.17) is 4.74 Å². The Kier molecular flexibility index (Phi) is 18.6. The number of fused-ring (bicyclic) bond motifs is 1. The Morgan fingerprint density at radius 2 is 1.76 bits per heavy atom. The van der Waals surface area contributed by atoms with E-state index in [1.165, 1.54) is 6.92 Å². The molecule has 0 spiro atoms. The molecule has 0 fully saturated rings. The third-order valence-corrected chi connectivity index (χ3v) is 5.45. The molecule has 1 N–H and O–H groups in total. The third-order valence-electron chi connectivity index (χ3n) is 5.45. The molecule has 2 rings (SSSR count). The average molecular weight is 535 g/mol. The Morgan fingerprint density at radius 1 is 1.13 bits per heavy atom. The van der Waals surface area contributed by atoms with Crippen LogP contribution >= 0.6 is 0 Å². The van der Waals surface area contributed by atoms with Crippen LogP contribution in [0.4, 0.5) is 14.6 Å². The van der Waals surface area contributed by atoms with Crippen molar-refractivity contribution in [2.75, 3.05) is 18.9 Å². The van der Waals surface area contributed by atoms with Crippen molar-refractivity contribution in [1.29, 1.82) is 0 Å². The highest BCUT2D eigenvalue weighted by Gasteiger charge is 2.16. The van der Waals surface area contributed by atoms with Crippen LogP contribution in [-0.4, -0.2) is 46.8 Å². The van der Waals surface area contributed by atoms with Gasteiger partial charge in [-0.15, -0.1) is 0 Å². The van der Waals surface area contributed by atoms with E-state index in [-0.39, 0.29) is 12.5 Å². The molecule has 0 unspecified atom stereocenters. The Labute approximate surface area is 228 Å². The van der Waals surface area contributed by atoms with E-state index in [2.05, 4.69) is 36.1 Å². The summed E-state index contributed by atoms with van der Waals surface area (Å²) < 4.78 is 30.0. The minimum atomic E-state index is -2.21. The summed E-state index contributed by atoms with van der Waals surface area (Å²) in [4.78, 5) is 21.7. The lowest BCUT2D eigenvalue weighted by Gasteiger charge is -2.27. The molecule has 0 radical (unpaired) electrons. The molecule has 2 heterocycles. The van der Waals surface area contributed by atoms with Crippen LogP contribution in [0.3, 0.4) is 0 Å². The maximum atomic E-state index is 12.1. The summed E-state index contributed by atoms with van der Waals surface area (Å²) in [6.07, 6.45) is 8.49. The molecule has 2 aromatic rings. The molecule has 1 amide bonds. The van der Waals surface area contributed by atoms with Crippen LogP contribution in [0.25, 0.3) is 16.7 Å². The number of aromatic nitrogens is 2. The highest BCUT2D eigenvalue weighted by Crippen LogP contribution is 2.22. The Balaban J connectivity index is 0.000000780. The topological polar surface area (TPSA) is 67.3 Å². The molecule has 0 bridgehead atoms. The Morgan fingerprint density at radius 3 is 2.26 bits per heavy atom. The van der Waals surface area contributed by atoms with Crippen LogP contribution in [0.15, 0.2) is 42.3 Å². The van der Waals surface area contributed by atoms with E-state index in [9.17, 15) is 13.6 Å². The number of hydrogen-bond acceptors (Lipinski definition) is 5. The van der Waals surface area contributed by atoms with Gasteiger partial charge in [0, 0.05) is 30.6 Å². The zero-order valence-corrected chi connectivity index (χ0v) is 24.8. The smallest absolute Gasteiger partial charge is 0.251 e. The van der Waals surface area contributed by atoms with Crippen LogP contribution in [0.1, 0.15) is 93.2 Å². The van der Waals surface area contributed by atoms with Crippen molar-refractivity contribution in [1.82, 2.24) is 14.9 Å². The van der Waals surface area contributed by atoms with E-state index in [1.54, 1.807) is 24.2 Å². The Hall–Kier alpha value is -2.87. The first-order valence-electron chi connectivity index (χ1n) is 13.7. The van der Waals surface area contributed by atoms with E-state index < -0.39 is 6.43 Å². The van der Waals surface area contributed by atoms with E-state index >= 15 is 0 Å². The van der Waals surface area contributed by atoms with Gasteiger partial charge in [-0.05, 0) is 64.4 Å². The van der Waals surface area contributed by atoms with Crippen LogP contribution in [-0.2, 0) is 9.53 Å². The van der Waals surface area contributed by atoms with Gasteiger partial charge in [0.1, 0.15) is 17.3 Å². The molecule has 0 atom stereocenters. The van der Waals surface area contributed by atoms with Gasteiger partial charge in [-0.1, -0.05) is 47.5 Å². The van der Waals surface area contributed by atoms with Crippen molar-refractivity contribution < 1.29 is 18.3 Å². The maximum absolute atomic E-state index is 12.1. The predicted molar refractivity (Wildman–Crippen MR) is 156 cm³/mol. The number of nitrogens with one attached hydrogen (secondary N) is 1. The first-order valence-corrected chi connectivity index (χ1v) is 13.7. The van der Waals surface area contributed by atoms with Crippen molar-refractivity contribution in [2.24, 2.45) is 0 Å². The second kappa shape index (κ2) is 20.1. The summed E-state index contributed by atoms with van der Waals surface area (Å²) in [6.45, 7) is 15.4. The van der Waals surface area contributed by atoms with Crippen molar-refractivity contribution in [3.8, 4) is 0 Å². The van der Waals surface area contributed by atoms with Gasteiger partial charge < -0.3 is 10.1 Å². The van der Waals surface area contributed by atoms with Gasteiger partial charge >= 0.3 is 0 Å². The minimum Gasteiger partial charge on any atom is -0.460 e. The molecule has 0 aliphatic carbocycles. The summed E-state index contributed by atoms with van der Waals surface area (Å²) in [5.41, 5.74) is 1.49. The number of rotatable bonds is 12. The maximum Gasteiger partial charge on any atom is 0.251 e. The molecule has 38 heavy (non-hydrogen) atoms. The fourth-order valence-electron chi connectivity index (χ4n) is 3.78. The number of carbonyl (C=O) groups is 1. The van der Waals surface area contributed by atoms with E-state index in [0.717, 1.165) is 54.5 Å². The first kappa shape index (κ1) is 35.1. The van der Waals surface area contributed by atoms with Crippen LogP contribution in [0, 0.1) is 0 Å². The van der Waals surface area contributed by atoms with Gasteiger partial charge in [-0.3, -0.25) is 9.69 Å². The summed E-state index contributed by atoms with van der Waals surface area (Å²) in [6, 6.07) is 5.93. The van der Waals surface area contributed by atoms with Gasteiger partial charge in [0.05, 0.1) is 17.8 Å². The van der Waals surface area contributed by atoms with Gasteiger partial charge in [0.25, 0.3) is 6.43 Å². The minimum absolute atomic E-state index is 0.0926. The van der Waals surface area contributed by atoms with Crippen molar-refractivity contribution >= 4 is 28.4 Å². The zero-order valence-electron chi connectivity index (χ0n) is 24.8. The quantitative estimate of drug-likeness (QED) is 0.277. The SMILES string of the molecule is C/C=C(\O/C(C)=C/CC)c1ccc2cnc(NC(C)=O)cc2n1.CC.CCCC(CCC)N(C)CC(F)F. The number of anilines is 1. The van der Waals surface area contributed by atoms with Crippen molar-refractivity contribution in [3.05, 3.63) is 48.0 Å². The molecule has 214 valence electrons. The van der Waals surface area contributed by atoms with Crippen LogP contribution < -0.4 is 5.32 Å². The van der Waals surface area contributed by atoms with Gasteiger partial charge in [0.15, 0.2) is 0 Å². The molecule has 0 aliphatic rings. The zero-order chi connectivity index (χ0) is 29.1. The highest BCUT2D eigenvalue weighted by molar-refractivity contribution is 5.90. The molecular weight excluding hydrogens is 486 g/mol. The van der Waals surface area contributed by atoms with E-state index in [0.29, 0.717) is 17.6 Å². The highest BCUT2D eigenvalue weighted by atomic mass is 19.3. The fourth-order valence-corrected chi connectivity index (χ4v) is 3.78. The lowest BCUT2D eigenvalue weighted by molar-refractivity contribution is -0.114. The number of nitrogens with zero attached hydrogens (tertiary/aromatic N) is 3. The predicted octanol–water partition coefficient (Wildman–Crippen LogP) is 8.46. The molecular formula is C30H48F2N4O2. The van der Waals surface area contributed by atoms with Gasteiger partial charge in [-0.25, -0.2) is 18.7 Å². The molecule has 0 aromatic carbocycles. The number of pyridine rings is 2. The van der Waals surface area contributed by atoms with Crippen LogP contribution in [0.5, 0.6) is 0 Å². The lowest BCUT2D eigenvalue weighted by Crippen LogP contribution is -2.35. The summed E-state index contributed by atoms with van der Waals surface area (Å²) >= 11 is 0. The number of allylic oxidation sites excluding steroid dienone is 3. The average Bonchev–Trinajstić information content (AvgIpc) is 2.87. The molecule has 2 aromatic heterocycles. The summed E-state index contributed by atoms with van der Waals surface area (Å²) in [5, 5.41) is 3.57. The number of hydrogen-bond donors (Lipinski definition) is 1. The van der Waals surface area contributed by atoms with E-state index in [1.807, 2.05) is 52.0 Å². The lowest BCUT2D eigenvalue weighted by atomic mass is 10.1. The second-order valence-electron chi connectivity index (χ2n) is 8.68. The van der Waals surface area contributed by atoms with Gasteiger partial charge in [0.2, 0.25) is 5.91 Å². The summed E-state index contributed by atoms with van der Waals surface area (Å²) in [5.74, 6) is 1.87. The monoisotopic (exact) mass is 534 g/mol. The molecule has 6 nitrogen and oxygen atoms in total. The summed E-state index contributed by atoms with van der Waals surface area (Å²) in [7, 11) is 1.79. The number of alkyl halides is 2. The number of ether oxygens (including phenoxy) is 1.